The fraction of sp³-hybridized carbons (Fsp3) is 0.750. The van der Waals surface area contributed by atoms with Crippen LogP contribution in [0.4, 0.5) is 0 Å². The number of hydrogen-bond donors (Lipinski definition) is 1. The summed E-state index contributed by atoms with van der Waals surface area (Å²) in [5, 5.41) is 2.52. The summed E-state index contributed by atoms with van der Waals surface area (Å²) in [5.41, 5.74) is 0. The van der Waals surface area contributed by atoms with E-state index < -0.39 is 9.84 Å². The third-order valence-electron chi connectivity index (χ3n) is 1.67. The van der Waals surface area contributed by atoms with Crippen LogP contribution in [0.2, 0.25) is 0 Å². The van der Waals surface area contributed by atoms with Crippen LogP contribution in [-0.2, 0) is 19.4 Å². The van der Waals surface area contributed by atoms with Crippen LogP contribution in [0.25, 0.3) is 0 Å². The number of hydrogen-bond acceptors (Lipinski definition) is 4. The number of carbonyl (C=O) groups is 2. The summed E-state index contributed by atoms with van der Waals surface area (Å²) < 4.78 is 21.6. The first-order valence-corrected chi connectivity index (χ1v) is 6.52. The van der Waals surface area contributed by atoms with Crippen LogP contribution in [0.3, 0.4) is 0 Å². The van der Waals surface area contributed by atoms with Crippen LogP contribution in [0.5, 0.6) is 0 Å². The summed E-state index contributed by atoms with van der Waals surface area (Å²) in [5.74, 6) is -0.241. The number of sulfone groups is 1. The minimum absolute atomic E-state index is 0.0637. The van der Waals surface area contributed by atoms with Crippen molar-refractivity contribution in [2.45, 2.75) is 6.92 Å². The first-order valence-electron chi connectivity index (χ1n) is 4.46. The molecular formula is C8H16N2O4S. The molecule has 0 aliphatic rings. The Bertz CT molecular complexity index is 313. The van der Waals surface area contributed by atoms with E-state index in [9.17, 15) is 18.0 Å². The van der Waals surface area contributed by atoms with Crippen LogP contribution in [0.15, 0.2) is 0 Å². The Hall–Kier alpha value is -1.11. The van der Waals surface area contributed by atoms with Crippen molar-refractivity contribution in [3.8, 4) is 0 Å². The molecule has 2 amide bonds. The van der Waals surface area contributed by atoms with Crippen molar-refractivity contribution in [1.82, 2.24) is 10.2 Å². The van der Waals surface area contributed by atoms with Gasteiger partial charge in [-0.2, -0.15) is 0 Å². The van der Waals surface area contributed by atoms with Crippen LogP contribution in [0, 0.1) is 0 Å². The molecular weight excluding hydrogens is 220 g/mol. The monoisotopic (exact) mass is 236 g/mol. The highest BCUT2D eigenvalue weighted by Crippen LogP contribution is 1.87. The lowest BCUT2D eigenvalue weighted by atomic mass is 10.5. The molecule has 0 aromatic rings. The Morgan fingerprint density at radius 1 is 1.40 bits per heavy atom. The van der Waals surface area contributed by atoms with Gasteiger partial charge in [0.25, 0.3) is 0 Å². The molecule has 88 valence electrons. The van der Waals surface area contributed by atoms with E-state index in [1.54, 1.807) is 0 Å². The standard InChI is InChI=1S/C8H16N2O4S/c1-8(12)9-3-4-10(7-11)5-6-15(2,13)14/h7H,3-6H2,1-2H3,(H,9,12). The maximum absolute atomic E-state index is 10.8. The summed E-state index contributed by atoms with van der Waals surface area (Å²) in [6.45, 7) is 2.18. The van der Waals surface area contributed by atoms with Gasteiger partial charge in [-0.3, -0.25) is 9.59 Å². The lowest BCUT2D eigenvalue weighted by Crippen LogP contribution is -2.35. The summed E-state index contributed by atoms with van der Waals surface area (Å²) in [7, 11) is -3.06. The van der Waals surface area contributed by atoms with E-state index in [0.717, 1.165) is 6.26 Å². The maximum Gasteiger partial charge on any atom is 0.216 e. The highest BCUT2D eigenvalue weighted by atomic mass is 32.2. The van der Waals surface area contributed by atoms with Crippen molar-refractivity contribution >= 4 is 22.2 Å². The Morgan fingerprint density at radius 3 is 2.40 bits per heavy atom. The summed E-state index contributed by atoms with van der Waals surface area (Å²) in [6, 6.07) is 0. The number of amides is 2. The van der Waals surface area contributed by atoms with E-state index in [0.29, 0.717) is 19.5 Å². The van der Waals surface area contributed by atoms with Gasteiger partial charge in [0.1, 0.15) is 9.84 Å². The lowest BCUT2D eigenvalue weighted by Gasteiger charge is -2.16. The Kier molecular flexibility index (Phi) is 5.92. The molecule has 7 heteroatoms. The predicted octanol–water partition coefficient (Wildman–Crippen LogP) is -1.37. The molecule has 15 heavy (non-hydrogen) atoms. The Morgan fingerprint density at radius 2 is 2.00 bits per heavy atom. The van der Waals surface area contributed by atoms with Crippen LogP contribution < -0.4 is 5.32 Å². The van der Waals surface area contributed by atoms with E-state index in [2.05, 4.69) is 5.32 Å². The molecule has 6 nitrogen and oxygen atoms in total. The molecule has 0 aliphatic carbocycles. The maximum atomic E-state index is 10.8. The normalized spacial score (nSPS) is 10.8. The van der Waals surface area contributed by atoms with Gasteiger partial charge < -0.3 is 10.2 Å². The first-order chi connectivity index (χ1) is 6.85. The van der Waals surface area contributed by atoms with Crippen LogP contribution in [-0.4, -0.2) is 57.3 Å². The van der Waals surface area contributed by atoms with E-state index in [-0.39, 0.29) is 18.2 Å². The molecule has 0 saturated heterocycles. The second-order valence-electron chi connectivity index (χ2n) is 3.25. The van der Waals surface area contributed by atoms with Gasteiger partial charge in [-0.15, -0.1) is 0 Å². The van der Waals surface area contributed by atoms with Gasteiger partial charge in [0.2, 0.25) is 12.3 Å². The van der Waals surface area contributed by atoms with Gasteiger partial charge in [-0.1, -0.05) is 0 Å². The Balaban J connectivity index is 3.83. The number of rotatable bonds is 7. The van der Waals surface area contributed by atoms with Crippen molar-refractivity contribution in [3.05, 3.63) is 0 Å². The summed E-state index contributed by atoms with van der Waals surface area (Å²) in [6.07, 6.45) is 1.69. The molecule has 0 rings (SSSR count). The molecule has 0 bridgehead atoms. The molecule has 0 saturated carbocycles. The van der Waals surface area contributed by atoms with E-state index >= 15 is 0 Å². The molecule has 0 heterocycles. The molecule has 0 aromatic carbocycles. The molecule has 0 aliphatic heterocycles. The van der Waals surface area contributed by atoms with Crippen molar-refractivity contribution in [2.75, 3.05) is 31.6 Å². The van der Waals surface area contributed by atoms with Gasteiger partial charge in [0, 0.05) is 32.8 Å². The molecule has 0 unspecified atom stereocenters. The van der Waals surface area contributed by atoms with Crippen molar-refractivity contribution < 1.29 is 18.0 Å². The van der Waals surface area contributed by atoms with Gasteiger partial charge in [-0.05, 0) is 0 Å². The minimum atomic E-state index is -3.06. The van der Waals surface area contributed by atoms with Crippen molar-refractivity contribution in [2.24, 2.45) is 0 Å². The van der Waals surface area contributed by atoms with E-state index in [1.807, 2.05) is 0 Å². The number of nitrogens with zero attached hydrogens (tertiary/aromatic N) is 1. The van der Waals surface area contributed by atoms with E-state index in [1.165, 1.54) is 11.8 Å². The molecule has 0 radical (unpaired) electrons. The average Bonchev–Trinajstić information content (AvgIpc) is 2.08. The molecule has 0 fully saturated rings. The SMILES string of the molecule is CC(=O)NCCN(C=O)CCS(C)(=O)=O. The third-order valence-corrected chi connectivity index (χ3v) is 2.60. The fourth-order valence-corrected chi connectivity index (χ4v) is 1.44. The highest BCUT2D eigenvalue weighted by molar-refractivity contribution is 7.90. The van der Waals surface area contributed by atoms with Gasteiger partial charge >= 0.3 is 0 Å². The zero-order valence-corrected chi connectivity index (χ0v) is 9.71. The van der Waals surface area contributed by atoms with E-state index in [4.69, 9.17) is 0 Å². The quantitative estimate of drug-likeness (QED) is 0.552. The highest BCUT2D eigenvalue weighted by Gasteiger charge is 2.07. The minimum Gasteiger partial charge on any atom is -0.355 e. The molecule has 1 N–H and O–H groups in total. The average molecular weight is 236 g/mol. The molecule has 0 spiro atoms. The third kappa shape index (κ3) is 9.20. The van der Waals surface area contributed by atoms with Crippen LogP contribution in [0.1, 0.15) is 6.92 Å². The number of nitrogens with one attached hydrogen (secondary N) is 1. The topological polar surface area (TPSA) is 83.6 Å². The number of carbonyl (C=O) groups excluding carboxylic acids is 2. The van der Waals surface area contributed by atoms with Crippen molar-refractivity contribution in [1.29, 1.82) is 0 Å². The first kappa shape index (κ1) is 13.9. The smallest absolute Gasteiger partial charge is 0.216 e. The van der Waals surface area contributed by atoms with Crippen molar-refractivity contribution in [3.63, 3.8) is 0 Å². The van der Waals surface area contributed by atoms with Gasteiger partial charge in [-0.25, -0.2) is 8.42 Å². The molecule has 0 atom stereocenters. The predicted molar refractivity (Wildman–Crippen MR) is 56.0 cm³/mol. The second-order valence-corrected chi connectivity index (χ2v) is 5.51. The fourth-order valence-electron chi connectivity index (χ4n) is 0.876. The second kappa shape index (κ2) is 6.39. The van der Waals surface area contributed by atoms with Gasteiger partial charge in [0.15, 0.2) is 0 Å². The van der Waals surface area contributed by atoms with Gasteiger partial charge in [0.05, 0.1) is 5.75 Å². The zero-order chi connectivity index (χ0) is 11.9. The summed E-state index contributed by atoms with van der Waals surface area (Å²) >= 11 is 0. The zero-order valence-electron chi connectivity index (χ0n) is 8.89. The Labute approximate surface area is 89.6 Å². The summed E-state index contributed by atoms with van der Waals surface area (Å²) in [4.78, 5) is 22.3. The lowest BCUT2D eigenvalue weighted by molar-refractivity contribution is -0.120. The van der Waals surface area contributed by atoms with Crippen LogP contribution >= 0.6 is 0 Å². The largest absolute Gasteiger partial charge is 0.355 e. The molecule has 0 aromatic heterocycles.